The van der Waals surface area contributed by atoms with Crippen molar-refractivity contribution in [2.75, 3.05) is 18.4 Å². The van der Waals surface area contributed by atoms with Crippen LogP contribution in [-0.4, -0.2) is 41.9 Å². The van der Waals surface area contributed by atoms with Crippen LogP contribution < -0.4 is 10.6 Å². The van der Waals surface area contributed by atoms with Crippen molar-refractivity contribution >= 4 is 29.1 Å². The van der Waals surface area contributed by atoms with Crippen molar-refractivity contribution in [2.24, 2.45) is 0 Å². The predicted octanol–water partition coefficient (Wildman–Crippen LogP) is 4.49. The molecule has 1 aliphatic heterocycles. The van der Waals surface area contributed by atoms with Crippen LogP contribution in [0, 0.1) is 20.8 Å². The lowest BCUT2D eigenvalue weighted by molar-refractivity contribution is -0.121. The molecule has 0 aromatic heterocycles. The molecule has 0 spiro atoms. The Balaban J connectivity index is 1.54. The summed E-state index contributed by atoms with van der Waals surface area (Å²) in [7, 11) is 0. The topological polar surface area (TPSA) is 61.4 Å². The molecular formula is C24H30ClN3O2. The number of carbonyl (C=O) groups is 2. The monoisotopic (exact) mass is 427 g/mol. The van der Waals surface area contributed by atoms with Gasteiger partial charge in [-0.2, -0.15) is 0 Å². The van der Waals surface area contributed by atoms with Crippen LogP contribution in [0.5, 0.6) is 0 Å². The number of halogens is 1. The second-order valence-corrected chi connectivity index (χ2v) is 8.61. The number of rotatable bonds is 5. The largest absolute Gasteiger partial charge is 0.349 e. The molecule has 30 heavy (non-hydrogen) atoms. The SMILES string of the molecule is Cc1cc(C)c(NC(=O)C(C)N2CCC(NC(=O)c3ccccc3C)CC2)c(Cl)c1. The minimum atomic E-state index is -0.269. The molecule has 1 fully saturated rings. The average Bonchev–Trinajstić information content (AvgIpc) is 2.70. The number of nitrogens with one attached hydrogen (secondary N) is 2. The highest BCUT2D eigenvalue weighted by Gasteiger charge is 2.28. The van der Waals surface area contributed by atoms with Gasteiger partial charge in [0, 0.05) is 24.7 Å². The molecule has 2 amide bonds. The van der Waals surface area contributed by atoms with Crippen molar-refractivity contribution < 1.29 is 9.59 Å². The van der Waals surface area contributed by atoms with Gasteiger partial charge < -0.3 is 10.6 Å². The van der Waals surface area contributed by atoms with Crippen molar-refractivity contribution in [1.82, 2.24) is 10.2 Å². The van der Waals surface area contributed by atoms with E-state index in [9.17, 15) is 9.59 Å². The highest BCUT2D eigenvalue weighted by atomic mass is 35.5. The molecule has 3 rings (SSSR count). The van der Waals surface area contributed by atoms with Crippen molar-refractivity contribution in [1.29, 1.82) is 0 Å². The maximum Gasteiger partial charge on any atom is 0.251 e. The van der Waals surface area contributed by atoms with Gasteiger partial charge in [-0.3, -0.25) is 14.5 Å². The summed E-state index contributed by atoms with van der Waals surface area (Å²) in [5, 5.41) is 6.69. The highest BCUT2D eigenvalue weighted by molar-refractivity contribution is 6.34. The van der Waals surface area contributed by atoms with Gasteiger partial charge in [0.25, 0.3) is 5.91 Å². The molecule has 1 aliphatic rings. The summed E-state index contributed by atoms with van der Waals surface area (Å²) in [5.41, 5.74) is 4.40. The van der Waals surface area contributed by atoms with E-state index in [1.165, 1.54) is 0 Å². The molecule has 1 atom stereocenters. The summed E-state index contributed by atoms with van der Waals surface area (Å²) in [6, 6.07) is 11.3. The van der Waals surface area contributed by atoms with Gasteiger partial charge in [-0.25, -0.2) is 0 Å². The Morgan fingerprint density at radius 1 is 1.07 bits per heavy atom. The van der Waals surface area contributed by atoms with E-state index in [0.717, 1.165) is 48.2 Å². The third kappa shape index (κ3) is 5.21. The van der Waals surface area contributed by atoms with Crippen LogP contribution in [0.25, 0.3) is 0 Å². The fraction of sp³-hybridized carbons (Fsp3) is 0.417. The van der Waals surface area contributed by atoms with E-state index in [2.05, 4.69) is 15.5 Å². The van der Waals surface area contributed by atoms with Gasteiger partial charge >= 0.3 is 0 Å². The first-order valence-corrected chi connectivity index (χ1v) is 10.8. The summed E-state index contributed by atoms with van der Waals surface area (Å²) >= 11 is 6.33. The summed E-state index contributed by atoms with van der Waals surface area (Å²) < 4.78 is 0. The number of carbonyl (C=O) groups excluding carboxylic acids is 2. The summed E-state index contributed by atoms with van der Waals surface area (Å²) in [6.45, 7) is 9.30. The number of piperidine rings is 1. The zero-order chi connectivity index (χ0) is 21.8. The number of nitrogens with zero attached hydrogens (tertiary/aromatic N) is 1. The van der Waals surface area contributed by atoms with Crippen molar-refractivity contribution in [3.8, 4) is 0 Å². The third-order valence-electron chi connectivity index (χ3n) is 5.86. The molecule has 0 aliphatic carbocycles. The fourth-order valence-corrected chi connectivity index (χ4v) is 4.36. The lowest BCUT2D eigenvalue weighted by atomic mass is 10.0. The molecule has 2 aromatic carbocycles. The Labute approximate surface area is 183 Å². The van der Waals surface area contributed by atoms with E-state index in [0.29, 0.717) is 10.7 Å². The number of benzene rings is 2. The first-order valence-electron chi connectivity index (χ1n) is 10.4. The smallest absolute Gasteiger partial charge is 0.251 e. The van der Waals surface area contributed by atoms with Crippen LogP contribution in [0.15, 0.2) is 36.4 Å². The number of amides is 2. The zero-order valence-electron chi connectivity index (χ0n) is 18.1. The molecule has 160 valence electrons. The van der Waals surface area contributed by atoms with Gasteiger partial charge in [0.05, 0.1) is 16.8 Å². The molecule has 1 heterocycles. The average molecular weight is 428 g/mol. The zero-order valence-corrected chi connectivity index (χ0v) is 18.8. The van der Waals surface area contributed by atoms with Gasteiger partial charge in [-0.1, -0.05) is 35.9 Å². The van der Waals surface area contributed by atoms with E-state index >= 15 is 0 Å². The fourth-order valence-electron chi connectivity index (χ4n) is 3.99. The second-order valence-electron chi connectivity index (χ2n) is 8.20. The summed E-state index contributed by atoms with van der Waals surface area (Å²) in [5.74, 6) is -0.0897. The van der Waals surface area contributed by atoms with Gasteiger partial charge in [0.2, 0.25) is 5.91 Å². The molecular weight excluding hydrogens is 398 g/mol. The van der Waals surface area contributed by atoms with Gasteiger partial charge in [0.15, 0.2) is 0 Å². The normalized spacial score (nSPS) is 16.2. The van der Waals surface area contributed by atoms with E-state index in [1.54, 1.807) is 0 Å². The van der Waals surface area contributed by atoms with Crippen LogP contribution in [0.1, 0.15) is 46.8 Å². The van der Waals surface area contributed by atoms with Gasteiger partial charge in [0.1, 0.15) is 0 Å². The van der Waals surface area contributed by atoms with Crippen molar-refractivity contribution in [3.63, 3.8) is 0 Å². The lowest BCUT2D eigenvalue weighted by Gasteiger charge is -2.35. The summed E-state index contributed by atoms with van der Waals surface area (Å²) in [6.07, 6.45) is 1.64. The molecule has 5 nitrogen and oxygen atoms in total. The number of aryl methyl sites for hydroxylation is 3. The molecule has 0 saturated carbocycles. The summed E-state index contributed by atoms with van der Waals surface area (Å²) in [4.78, 5) is 27.5. The molecule has 0 bridgehead atoms. The van der Waals surface area contributed by atoms with E-state index < -0.39 is 0 Å². The molecule has 1 unspecified atom stereocenters. The maximum absolute atomic E-state index is 12.8. The number of hydrogen-bond acceptors (Lipinski definition) is 3. The molecule has 0 radical (unpaired) electrons. The minimum Gasteiger partial charge on any atom is -0.349 e. The van der Waals surface area contributed by atoms with E-state index in [-0.39, 0.29) is 23.9 Å². The Bertz CT molecular complexity index is 913. The van der Waals surface area contributed by atoms with Crippen LogP contribution in [0.4, 0.5) is 5.69 Å². The molecule has 2 N–H and O–H groups in total. The predicted molar refractivity (Wildman–Crippen MR) is 122 cm³/mol. The van der Waals surface area contributed by atoms with Crippen LogP contribution in [0.3, 0.4) is 0 Å². The minimum absolute atomic E-state index is 0.0261. The van der Waals surface area contributed by atoms with Crippen LogP contribution in [-0.2, 0) is 4.79 Å². The molecule has 2 aromatic rings. The van der Waals surface area contributed by atoms with Crippen LogP contribution in [0.2, 0.25) is 5.02 Å². The number of hydrogen-bond donors (Lipinski definition) is 2. The van der Waals surface area contributed by atoms with E-state index in [4.69, 9.17) is 11.6 Å². The first-order chi connectivity index (χ1) is 14.3. The Morgan fingerprint density at radius 3 is 2.37 bits per heavy atom. The molecule has 1 saturated heterocycles. The van der Waals surface area contributed by atoms with E-state index in [1.807, 2.05) is 64.1 Å². The standard InChI is InChI=1S/C24H30ClN3O2/c1-15-13-17(3)22(21(25)14-15)27-23(29)18(4)28-11-9-19(10-12-28)26-24(30)20-8-6-5-7-16(20)2/h5-8,13-14,18-19H,9-12H2,1-4H3,(H,26,30)(H,27,29). The maximum atomic E-state index is 12.8. The molecule has 6 heteroatoms. The van der Waals surface area contributed by atoms with Gasteiger partial charge in [-0.15, -0.1) is 0 Å². The van der Waals surface area contributed by atoms with Crippen molar-refractivity contribution in [2.45, 2.75) is 52.6 Å². The van der Waals surface area contributed by atoms with Gasteiger partial charge in [-0.05, 0) is 69.4 Å². The highest BCUT2D eigenvalue weighted by Crippen LogP contribution is 2.28. The Hall–Kier alpha value is -2.37. The second kappa shape index (κ2) is 9.63. The number of anilines is 1. The third-order valence-corrected chi connectivity index (χ3v) is 6.16. The quantitative estimate of drug-likeness (QED) is 0.739. The Kier molecular flexibility index (Phi) is 7.16. The first kappa shape index (κ1) is 22.3. The van der Waals surface area contributed by atoms with Crippen molar-refractivity contribution in [3.05, 3.63) is 63.7 Å². The number of likely N-dealkylation sites (tertiary alicyclic amines) is 1. The van der Waals surface area contributed by atoms with Crippen LogP contribution >= 0.6 is 11.6 Å². The Morgan fingerprint density at radius 2 is 1.73 bits per heavy atom. The lowest BCUT2D eigenvalue weighted by Crippen LogP contribution is -2.50.